The third-order valence-corrected chi connectivity index (χ3v) is 7.77. The van der Waals surface area contributed by atoms with Crippen molar-refractivity contribution in [2.24, 2.45) is 0 Å². The lowest BCUT2D eigenvalue weighted by Crippen LogP contribution is -2.18. The van der Waals surface area contributed by atoms with Gasteiger partial charge in [0.05, 0.1) is 15.4 Å². The zero-order chi connectivity index (χ0) is 22.9. The molecule has 1 N–H and O–H groups in total. The highest BCUT2D eigenvalue weighted by Gasteiger charge is 2.24. The molecule has 2 aromatic heterocycles. The molecule has 2 aliphatic rings. The summed E-state index contributed by atoms with van der Waals surface area (Å²) in [5.74, 6) is -0.951. The van der Waals surface area contributed by atoms with Gasteiger partial charge in [0, 0.05) is 41.0 Å². The van der Waals surface area contributed by atoms with Gasteiger partial charge in [0.2, 0.25) is 0 Å². The first-order valence-corrected chi connectivity index (χ1v) is 12.4. The Bertz CT molecular complexity index is 1280. The molecule has 1 saturated heterocycles. The Hall–Kier alpha value is -2.54. The summed E-state index contributed by atoms with van der Waals surface area (Å²) < 4.78 is 15.5. The molecule has 1 aliphatic carbocycles. The molecule has 170 valence electrons. The summed E-state index contributed by atoms with van der Waals surface area (Å²) in [7, 11) is 0. The molecular weight excluding hydrogens is 457 g/mol. The normalized spacial score (nSPS) is 18.9. The van der Waals surface area contributed by atoms with Gasteiger partial charge in [0.1, 0.15) is 5.83 Å². The number of likely N-dealkylation sites (tertiary alicyclic amines) is 1. The summed E-state index contributed by atoms with van der Waals surface area (Å²) >= 11 is 7.44. The van der Waals surface area contributed by atoms with Crippen molar-refractivity contribution in [3.63, 3.8) is 0 Å². The van der Waals surface area contributed by atoms with Crippen molar-refractivity contribution in [1.82, 2.24) is 9.88 Å². The fourth-order valence-corrected chi connectivity index (χ4v) is 5.74. The van der Waals surface area contributed by atoms with Gasteiger partial charge in [0.25, 0.3) is 5.91 Å². The quantitative estimate of drug-likeness (QED) is 0.438. The fourth-order valence-electron chi connectivity index (χ4n) is 4.60. The van der Waals surface area contributed by atoms with Gasteiger partial charge < -0.3 is 5.32 Å². The largest absolute Gasteiger partial charge is 0.322 e. The molecule has 33 heavy (non-hydrogen) atoms. The van der Waals surface area contributed by atoms with E-state index in [0.717, 1.165) is 41.0 Å². The van der Waals surface area contributed by atoms with Crippen molar-refractivity contribution >= 4 is 45.4 Å². The molecule has 1 fully saturated rings. The van der Waals surface area contributed by atoms with E-state index >= 15 is 0 Å². The minimum atomic E-state index is -0.445. The first-order chi connectivity index (χ1) is 16.0. The number of rotatable bonds is 5. The van der Waals surface area contributed by atoms with E-state index in [2.05, 4.69) is 21.3 Å². The van der Waals surface area contributed by atoms with E-state index in [1.54, 1.807) is 6.08 Å². The van der Waals surface area contributed by atoms with Crippen LogP contribution in [0.2, 0.25) is 4.34 Å². The lowest BCUT2D eigenvalue weighted by molar-refractivity contribution is -0.112. The molecule has 1 aliphatic heterocycles. The van der Waals surface area contributed by atoms with Crippen LogP contribution in [0.4, 0.5) is 10.1 Å². The first-order valence-electron chi connectivity index (χ1n) is 11.2. The highest BCUT2D eigenvalue weighted by Crippen LogP contribution is 2.37. The van der Waals surface area contributed by atoms with Gasteiger partial charge in [-0.2, -0.15) is 0 Å². The molecule has 3 heterocycles. The first kappa shape index (κ1) is 22.3. The maximum Gasteiger partial charge on any atom is 0.258 e. The van der Waals surface area contributed by atoms with E-state index in [-0.39, 0.29) is 17.9 Å². The number of nitrogens with zero attached hydrogens (tertiary/aromatic N) is 2. The SMILES string of the molecule is Cc1c(NC(=O)C2=C(F)CC(c3ccc(Cl)s3)C=C2)ccc2cc(CN3CCCC3)cnc12. The standard InChI is InChI=1S/C26H25ClFN3OS/c1-16-22(7-5-19-12-17(14-29-25(16)19)15-31-10-2-3-11-31)30-26(32)20-6-4-18(13-21(20)28)23-8-9-24(27)33-23/h4-9,12,14,18H,2-3,10-11,13,15H2,1H3,(H,30,32). The number of anilines is 1. The molecule has 0 saturated carbocycles. The molecule has 3 aromatic rings. The number of halogens is 2. The molecular formula is C26H25ClFN3OS. The fraction of sp³-hybridized carbons (Fsp3) is 0.308. The van der Waals surface area contributed by atoms with Crippen molar-refractivity contribution in [3.8, 4) is 0 Å². The van der Waals surface area contributed by atoms with Gasteiger partial charge in [-0.3, -0.25) is 14.7 Å². The molecule has 5 rings (SSSR count). The van der Waals surface area contributed by atoms with Crippen molar-refractivity contribution < 1.29 is 9.18 Å². The van der Waals surface area contributed by atoms with Crippen molar-refractivity contribution in [3.05, 3.63) is 80.4 Å². The van der Waals surface area contributed by atoms with Crippen LogP contribution in [-0.2, 0) is 11.3 Å². The number of nitrogens with one attached hydrogen (secondary N) is 1. The summed E-state index contributed by atoms with van der Waals surface area (Å²) in [6.45, 7) is 5.14. The number of amides is 1. The maximum atomic E-state index is 14.8. The Morgan fingerprint density at radius 1 is 1.27 bits per heavy atom. The molecule has 1 atom stereocenters. The molecule has 4 nitrogen and oxygen atoms in total. The summed E-state index contributed by atoms with van der Waals surface area (Å²) in [5, 5.41) is 3.92. The highest BCUT2D eigenvalue weighted by atomic mass is 35.5. The highest BCUT2D eigenvalue weighted by molar-refractivity contribution is 7.16. The Labute approximate surface area is 201 Å². The summed E-state index contributed by atoms with van der Waals surface area (Å²) in [4.78, 5) is 21.0. The van der Waals surface area contributed by atoms with Gasteiger partial charge in [-0.05, 0) is 68.2 Å². The number of allylic oxidation sites excluding steroid dienone is 2. The molecule has 7 heteroatoms. The van der Waals surface area contributed by atoms with Gasteiger partial charge >= 0.3 is 0 Å². The van der Waals surface area contributed by atoms with Crippen molar-refractivity contribution in [2.75, 3.05) is 18.4 Å². The predicted octanol–water partition coefficient (Wildman–Crippen LogP) is 6.76. The number of thiophene rings is 1. The maximum absolute atomic E-state index is 14.8. The van der Waals surface area contributed by atoms with E-state index in [9.17, 15) is 9.18 Å². The minimum absolute atomic E-state index is 0.0716. The van der Waals surface area contributed by atoms with Crippen molar-refractivity contribution in [2.45, 2.75) is 38.6 Å². The zero-order valence-corrected chi connectivity index (χ0v) is 20.0. The second-order valence-electron chi connectivity index (χ2n) is 8.72. The number of hydrogen-bond donors (Lipinski definition) is 1. The zero-order valence-electron chi connectivity index (χ0n) is 18.4. The number of carbonyl (C=O) groups excluding carboxylic acids is 1. The second-order valence-corrected chi connectivity index (χ2v) is 10.5. The van der Waals surface area contributed by atoms with Gasteiger partial charge in [-0.1, -0.05) is 29.8 Å². The number of fused-ring (bicyclic) bond motifs is 1. The molecule has 1 unspecified atom stereocenters. The molecule has 0 spiro atoms. The third kappa shape index (κ3) is 4.74. The van der Waals surface area contributed by atoms with Crippen LogP contribution >= 0.6 is 22.9 Å². The number of aryl methyl sites for hydroxylation is 1. The van der Waals surface area contributed by atoms with E-state index in [1.807, 2.05) is 43.5 Å². The molecule has 0 bridgehead atoms. The second kappa shape index (κ2) is 9.37. The molecule has 1 amide bonds. The van der Waals surface area contributed by atoms with Crippen LogP contribution in [0.25, 0.3) is 10.9 Å². The van der Waals surface area contributed by atoms with Crippen LogP contribution < -0.4 is 5.32 Å². The van der Waals surface area contributed by atoms with Crippen LogP contribution in [0.1, 0.15) is 41.2 Å². The van der Waals surface area contributed by atoms with Crippen LogP contribution in [-0.4, -0.2) is 28.9 Å². The topological polar surface area (TPSA) is 45.2 Å². The summed E-state index contributed by atoms with van der Waals surface area (Å²) in [6.07, 6.45) is 8.05. The Morgan fingerprint density at radius 3 is 2.82 bits per heavy atom. The van der Waals surface area contributed by atoms with Crippen LogP contribution in [0.5, 0.6) is 0 Å². The molecule has 0 radical (unpaired) electrons. The summed E-state index contributed by atoms with van der Waals surface area (Å²) in [5.41, 5.74) is 3.64. The number of hydrogen-bond acceptors (Lipinski definition) is 4. The number of carbonyl (C=O) groups is 1. The van der Waals surface area contributed by atoms with Crippen LogP contribution in [0.3, 0.4) is 0 Å². The van der Waals surface area contributed by atoms with Gasteiger partial charge in [-0.15, -0.1) is 11.3 Å². The Balaban J connectivity index is 1.31. The smallest absolute Gasteiger partial charge is 0.258 e. The van der Waals surface area contributed by atoms with E-state index in [1.165, 1.54) is 29.7 Å². The average molecular weight is 482 g/mol. The lowest BCUT2D eigenvalue weighted by atomic mass is 9.94. The van der Waals surface area contributed by atoms with Gasteiger partial charge in [-0.25, -0.2) is 4.39 Å². The van der Waals surface area contributed by atoms with E-state index in [4.69, 9.17) is 11.6 Å². The minimum Gasteiger partial charge on any atom is -0.322 e. The van der Waals surface area contributed by atoms with Crippen LogP contribution in [0, 0.1) is 6.92 Å². The van der Waals surface area contributed by atoms with Crippen LogP contribution in [0.15, 0.2) is 60.1 Å². The van der Waals surface area contributed by atoms with E-state index < -0.39 is 11.7 Å². The monoisotopic (exact) mass is 481 g/mol. The Morgan fingerprint density at radius 2 is 2.09 bits per heavy atom. The third-order valence-electron chi connectivity index (χ3n) is 6.41. The lowest BCUT2D eigenvalue weighted by Gasteiger charge is -2.18. The average Bonchev–Trinajstić information content (AvgIpc) is 3.47. The van der Waals surface area contributed by atoms with Crippen molar-refractivity contribution in [1.29, 1.82) is 0 Å². The number of pyridine rings is 1. The van der Waals surface area contributed by atoms with Gasteiger partial charge in [0.15, 0.2) is 0 Å². The van der Waals surface area contributed by atoms with E-state index in [0.29, 0.717) is 10.0 Å². The summed E-state index contributed by atoms with van der Waals surface area (Å²) in [6, 6.07) is 9.73. The molecule has 1 aromatic carbocycles. The number of benzene rings is 1. The Kier molecular flexibility index (Phi) is 6.32. The predicted molar refractivity (Wildman–Crippen MR) is 134 cm³/mol. The number of aromatic nitrogens is 1.